The van der Waals surface area contributed by atoms with E-state index in [0.717, 1.165) is 34.7 Å². The number of aromatic nitrogens is 5. The fourth-order valence-corrected chi connectivity index (χ4v) is 6.44. The number of aryl methyl sites for hydroxylation is 1. The molecule has 0 bridgehead atoms. The summed E-state index contributed by atoms with van der Waals surface area (Å²) in [6, 6.07) is 4.09. The first kappa shape index (κ1) is 16.9. The van der Waals surface area contributed by atoms with Gasteiger partial charge in [-0.1, -0.05) is 24.8 Å². The van der Waals surface area contributed by atoms with Crippen molar-refractivity contribution in [1.82, 2.24) is 24.6 Å². The van der Waals surface area contributed by atoms with Crippen LogP contribution in [0.15, 0.2) is 29.7 Å². The lowest BCUT2D eigenvalue weighted by molar-refractivity contribution is 0.509. The minimum atomic E-state index is 0.554. The number of nitrogens with zero attached hydrogens (tertiary/aromatic N) is 5. The van der Waals surface area contributed by atoms with Crippen molar-refractivity contribution in [2.45, 2.75) is 55.9 Å². The SMILES string of the molecule is CC1CCc2c(sc3nc(C4CC4)n4c(SCc5cccnc5)nnc4c23)C1. The molecule has 0 N–H and O–H groups in total. The Labute approximate surface area is 171 Å². The summed E-state index contributed by atoms with van der Waals surface area (Å²) in [6.07, 6.45) is 9.75. The monoisotopic (exact) mass is 407 g/mol. The quantitative estimate of drug-likeness (QED) is 0.444. The number of rotatable bonds is 4. The minimum absolute atomic E-state index is 0.554. The average Bonchev–Trinajstić information content (AvgIpc) is 3.37. The van der Waals surface area contributed by atoms with Crippen LogP contribution in [0.2, 0.25) is 0 Å². The summed E-state index contributed by atoms with van der Waals surface area (Å²) in [6.45, 7) is 2.36. The molecule has 142 valence electrons. The zero-order chi connectivity index (χ0) is 18.7. The Bertz CT molecular complexity index is 1180. The zero-order valence-corrected chi connectivity index (χ0v) is 17.4. The Kier molecular flexibility index (Phi) is 3.94. The number of pyridine rings is 1. The third-order valence-corrected chi connectivity index (χ3v) is 7.98. The fourth-order valence-electron chi connectivity index (χ4n) is 4.18. The largest absolute Gasteiger partial charge is 0.264 e. The summed E-state index contributed by atoms with van der Waals surface area (Å²) < 4.78 is 2.26. The highest BCUT2D eigenvalue weighted by molar-refractivity contribution is 7.98. The second-order valence-electron chi connectivity index (χ2n) is 8.07. The molecule has 4 aromatic heterocycles. The number of fused-ring (bicyclic) bond motifs is 5. The van der Waals surface area contributed by atoms with Crippen molar-refractivity contribution < 1.29 is 0 Å². The molecular weight excluding hydrogens is 386 g/mol. The van der Waals surface area contributed by atoms with Gasteiger partial charge in [-0.15, -0.1) is 21.5 Å². The maximum absolute atomic E-state index is 5.16. The maximum Gasteiger partial charge on any atom is 0.197 e. The number of thioether (sulfide) groups is 1. The highest BCUT2D eigenvalue weighted by Crippen LogP contribution is 2.44. The molecule has 4 aromatic rings. The van der Waals surface area contributed by atoms with Crippen LogP contribution in [0.25, 0.3) is 15.9 Å². The summed E-state index contributed by atoms with van der Waals surface area (Å²) in [4.78, 5) is 12.1. The van der Waals surface area contributed by atoms with Crippen LogP contribution >= 0.6 is 23.1 Å². The molecule has 28 heavy (non-hydrogen) atoms. The van der Waals surface area contributed by atoms with Gasteiger partial charge in [-0.3, -0.25) is 9.38 Å². The van der Waals surface area contributed by atoms with Crippen molar-refractivity contribution >= 4 is 39.0 Å². The second kappa shape index (κ2) is 6.52. The third kappa shape index (κ3) is 2.75. The van der Waals surface area contributed by atoms with E-state index in [1.807, 2.05) is 29.8 Å². The van der Waals surface area contributed by atoms with Gasteiger partial charge in [-0.05, 0) is 55.2 Å². The summed E-state index contributed by atoms with van der Waals surface area (Å²) in [5.74, 6) is 3.32. The first-order valence-corrected chi connectivity index (χ1v) is 11.8. The van der Waals surface area contributed by atoms with Crippen LogP contribution in [0.4, 0.5) is 0 Å². The summed E-state index contributed by atoms with van der Waals surface area (Å²) >= 11 is 3.62. The molecule has 7 heteroatoms. The van der Waals surface area contributed by atoms with E-state index in [1.54, 1.807) is 11.8 Å². The standard InChI is InChI=1S/C21H21N5S2/c1-12-4-7-15-16(9-12)28-20-17(15)19-24-25-21(26(19)18(23-20)14-5-6-14)27-11-13-3-2-8-22-10-13/h2-3,8,10,12,14H,4-7,9,11H2,1H3. The topological polar surface area (TPSA) is 56.0 Å². The Balaban J connectivity index is 1.50. The first-order chi connectivity index (χ1) is 13.8. The van der Waals surface area contributed by atoms with E-state index in [1.165, 1.54) is 51.9 Å². The molecule has 0 radical (unpaired) electrons. The Morgan fingerprint density at radius 1 is 1.25 bits per heavy atom. The second-order valence-corrected chi connectivity index (χ2v) is 10.1. The molecule has 0 aromatic carbocycles. The minimum Gasteiger partial charge on any atom is -0.264 e. The van der Waals surface area contributed by atoms with Crippen LogP contribution in [-0.4, -0.2) is 24.6 Å². The molecule has 1 fully saturated rings. The molecular formula is C21H21N5S2. The Morgan fingerprint density at radius 2 is 2.18 bits per heavy atom. The lowest BCUT2D eigenvalue weighted by atomic mass is 9.89. The highest BCUT2D eigenvalue weighted by atomic mass is 32.2. The number of thiophene rings is 1. The normalized spacial score (nSPS) is 19.4. The van der Waals surface area contributed by atoms with Crippen LogP contribution in [-0.2, 0) is 18.6 Å². The van der Waals surface area contributed by atoms with E-state index in [9.17, 15) is 0 Å². The van der Waals surface area contributed by atoms with Crippen molar-refractivity contribution in [2.24, 2.45) is 5.92 Å². The van der Waals surface area contributed by atoms with Crippen molar-refractivity contribution in [3.63, 3.8) is 0 Å². The summed E-state index contributed by atoms with van der Waals surface area (Å²) in [5, 5.41) is 11.5. The van der Waals surface area contributed by atoms with Gasteiger partial charge in [-0.2, -0.15) is 0 Å². The third-order valence-electron chi connectivity index (χ3n) is 5.83. The molecule has 1 atom stereocenters. The van der Waals surface area contributed by atoms with E-state index >= 15 is 0 Å². The van der Waals surface area contributed by atoms with Crippen LogP contribution in [0.3, 0.4) is 0 Å². The van der Waals surface area contributed by atoms with Crippen LogP contribution in [0.5, 0.6) is 0 Å². The van der Waals surface area contributed by atoms with E-state index in [-0.39, 0.29) is 0 Å². The van der Waals surface area contributed by atoms with E-state index in [0.29, 0.717) is 5.92 Å². The van der Waals surface area contributed by atoms with Gasteiger partial charge >= 0.3 is 0 Å². The van der Waals surface area contributed by atoms with Crippen molar-refractivity contribution in [3.05, 3.63) is 46.4 Å². The van der Waals surface area contributed by atoms with Gasteiger partial charge in [0.2, 0.25) is 0 Å². The van der Waals surface area contributed by atoms with Gasteiger partial charge in [0.25, 0.3) is 0 Å². The zero-order valence-electron chi connectivity index (χ0n) is 15.8. The first-order valence-electron chi connectivity index (χ1n) is 9.99. The predicted molar refractivity (Wildman–Crippen MR) is 113 cm³/mol. The highest BCUT2D eigenvalue weighted by Gasteiger charge is 2.32. The van der Waals surface area contributed by atoms with Crippen molar-refractivity contribution in [1.29, 1.82) is 0 Å². The number of hydrogen-bond donors (Lipinski definition) is 0. The van der Waals surface area contributed by atoms with E-state index in [4.69, 9.17) is 4.98 Å². The van der Waals surface area contributed by atoms with Crippen molar-refractivity contribution in [2.75, 3.05) is 0 Å². The Hall–Kier alpha value is -1.99. The molecule has 0 spiro atoms. The molecule has 5 nitrogen and oxygen atoms in total. The molecule has 6 rings (SSSR count). The van der Waals surface area contributed by atoms with Crippen LogP contribution in [0.1, 0.15) is 53.9 Å². The molecule has 1 unspecified atom stereocenters. The summed E-state index contributed by atoms with van der Waals surface area (Å²) in [5.41, 5.74) is 3.70. The van der Waals surface area contributed by atoms with Crippen molar-refractivity contribution in [3.8, 4) is 0 Å². The fraction of sp³-hybridized carbons (Fsp3) is 0.429. The van der Waals surface area contributed by atoms with E-state index < -0.39 is 0 Å². The van der Waals surface area contributed by atoms with Gasteiger partial charge < -0.3 is 0 Å². The van der Waals surface area contributed by atoms with Gasteiger partial charge in [0, 0.05) is 28.9 Å². The maximum atomic E-state index is 5.16. The predicted octanol–water partition coefficient (Wildman–Crippen LogP) is 5.03. The molecule has 2 aliphatic rings. The molecule has 1 saturated carbocycles. The number of hydrogen-bond acceptors (Lipinski definition) is 6. The molecule has 4 heterocycles. The lowest BCUT2D eigenvalue weighted by Gasteiger charge is -2.17. The van der Waals surface area contributed by atoms with Gasteiger partial charge in [0.1, 0.15) is 10.7 Å². The van der Waals surface area contributed by atoms with Gasteiger partial charge in [-0.25, -0.2) is 4.98 Å². The molecule has 2 aliphatic carbocycles. The van der Waals surface area contributed by atoms with E-state index in [2.05, 4.69) is 32.6 Å². The van der Waals surface area contributed by atoms with Gasteiger partial charge in [0.05, 0.1) is 5.39 Å². The molecule has 0 aliphatic heterocycles. The molecule has 0 saturated heterocycles. The lowest BCUT2D eigenvalue weighted by Crippen LogP contribution is -2.09. The van der Waals surface area contributed by atoms with Crippen LogP contribution < -0.4 is 0 Å². The summed E-state index contributed by atoms with van der Waals surface area (Å²) in [7, 11) is 0. The van der Waals surface area contributed by atoms with Crippen LogP contribution in [0, 0.1) is 5.92 Å². The smallest absolute Gasteiger partial charge is 0.197 e. The average molecular weight is 408 g/mol. The Morgan fingerprint density at radius 3 is 3.00 bits per heavy atom. The van der Waals surface area contributed by atoms with Gasteiger partial charge in [0.15, 0.2) is 10.8 Å². The molecule has 0 amide bonds.